The molecule has 0 spiro atoms. The molecule has 0 radical (unpaired) electrons. The van der Waals surface area contributed by atoms with E-state index in [2.05, 4.69) is 56.7 Å². The van der Waals surface area contributed by atoms with Crippen LogP contribution < -0.4 is 15.4 Å². The maximum atomic E-state index is 5.35. The second-order valence-electron chi connectivity index (χ2n) is 8.49. The highest BCUT2D eigenvalue weighted by Crippen LogP contribution is 2.26. The van der Waals surface area contributed by atoms with Crippen molar-refractivity contribution in [3.05, 3.63) is 29.8 Å². The van der Waals surface area contributed by atoms with E-state index >= 15 is 0 Å². The van der Waals surface area contributed by atoms with Crippen LogP contribution in [0.25, 0.3) is 0 Å². The molecule has 6 nitrogen and oxygen atoms in total. The van der Waals surface area contributed by atoms with Crippen LogP contribution in [-0.2, 0) is 0 Å². The van der Waals surface area contributed by atoms with Crippen LogP contribution in [0.15, 0.2) is 29.3 Å². The van der Waals surface area contributed by atoms with E-state index in [-0.39, 0.29) is 0 Å². The zero-order valence-electron chi connectivity index (χ0n) is 18.5. The first kappa shape index (κ1) is 21.9. The molecular formula is C23H39N5O. The van der Waals surface area contributed by atoms with Crippen molar-refractivity contribution in [2.45, 2.75) is 38.1 Å². The van der Waals surface area contributed by atoms with Crippen LogP contribution in [0.2, 0.25) is 0 Å². The van der Waals surface area contributed by atoms with Gasteiger partial charge in [-0.2, -0.15) is 0 Å². The minimum Gasteiger partial charge on any atom is -0.497 e. The second-order valence-corrected chi connectivity index (χ2v) is 8.49. The van der Waals surface area contributed by atoms with Gasteiger partial charge in [-0.05, 0) is 76.0 Å². The number of hydrogen-bond acceptors (Lipinski definition) is 4. The number of rotatable bonds is 7. The fourth-order valence-electron chi connectivity index (χ4n) is 4.61. The van der Waals surface area contributed by atoms with E-state index in [1.165, 1.54) is 63.8 Å². The Balaban J connectivity index is 1.58. The summed E-state index contributed by atoms with van der Waals surface area (Å²) in [6, 6.07) is 8.89. The van der Waals surface area contributed by atoms with Crippen LogP contribution in [0.1, 0.15) is 43.7 Å². The van der Waals surface area contributed by atoms with E-state index in [0.29, 0.717) is 12.0 Å². The normalized spacial score (nSPS) is 22.9. The van der Waals surface area contributed by atoms with Crippen molar-refractivity contribution in [3.63, 3.8) is 0 Å². The molecule has 6 heteroatoms. The number of hydrogen-bond donors (Lipinski definition) is 2. The molecule has 1 aromatic rings. The molecule has 2 aliphatic heterocycles. The van der Waals surface area contributed by atoms with Gasteiger partial charge in [0.15, 0.2) is 5.96 Å². The van der Waals surface area contributed by atoms with Gasteiger partial charge in [0, 0.05) is 26.7 Å². The maximum absolute atomic E-state index is 5.35. The SMILES string of the molecule is CN=C(NCC1CCCN(C)C1)NCC(c1ccc(OC)cc1)N1CCCCC1. The van der Waals surface area contributed by atoms with E-state index in [4.69, 9.17) is 4.74 Å². The summed E-state index contributed by atoms with van der Waals surface area (Å²) in [5.74, 6) is 2.52. The first-order valence-corrected chi connectivity index (χ1v) is 11.2. The highest BCUT2D eigenvalue weighted by molar-refractivity contribution is 5.79. The zero-order chi connectivity index (χ0) is 20.5. The average molecular weight is 402 g/mol. The Morgan fingerprint density at radius 2 is 1.86 bits per heavy atom. The van der Waals surface area contributed by atoms with Crippen molar-refractivity contribution in [2.24, 2.45) is 10.9 Å². The number of benzene rings is 1. The molecule has 0 amide bonds. The van der Waals surface area contributed by atoms with Crippen LogP contribution in [-0.4, -0.2) is 76.2 Å². The van der Waals surface area contributed by atoms with Gasteiger partial charge in [0.05, 0.1) is 13.2 Å². The number of piperidine rings is 2. The van der Waals surface area contributed by atoms with Gasteiger partial charge in [-0.3, -0.25) is 9.89 Å². The molecule has 3 rings (SSSR count). The Hall–Kier alpha value is -1.79. The van der Waals surface area contributed by atoms with Gasteiger partial charge in [-0.1, -0.05) is 18.6 Å². The highest BCUT2D eigenvalue weighted by Gasteiger charge is 2.23. The smallest absolute Gasteiger partial charge is 0.191 e. The average Bonchev–Trinajstić information content (AvgIpc) is 2.77. The van der Waals surface area contributed by atoms with E-state index in [9.17, 15) is 0 Å². The van der Waals surface area contributed by atoms with Gasteiger partial charge < -0.3 is 20.3 Å². The third-order valence-corrected chi connectivity index (χ3v) is 6.30. The summed E-state index contributed by atoms with van der Waals surface area (Å²) in [5, 5.41) is 7.16. The Labute approximate surface area is 176 Å². The fraction of sp³-hybridized carbons (Fsp3) is 0.696. The molecule has 2 unspecified atom stereocenters. The number of nitrogens with one attached hydrogen (secondary N) is 2. The Morgan fingerprint density at radius 1 is 1.10 bits per heavy atom. The van der Waals surface area contributed by atoms with Crippen LogP contribution in [0.5, 0.6) is 5.75 Å². The molecule has 162 valence electrons. The quantitative estimate of drug-likeness (QED) is 0.544. The van der Waals surface area contributed by atoms with E-state index in [1.807, 2.05) is 7.05 Å². The standard InChI is InChI=1S/C23H39N5O/c1-24-23(25-16-19-8-7-13-27(2)18-19)26-17-22(28-14-5-4-6-15-28)20-9-11-21(29-3)12-10-20/h9-12,19,22H,4-8,13-18H2,1-3H3,(H2,24,25,26). The topological polar surface area (TPSA) is 52.1 Å². The molecule has 2 atom stereocenters. The van der Waals surface area contributed by atoms with Crippen molar-refractivity contribution < 1.29 is 4.74 Å². The predicted molar refractivity (Wildman–Crippen MR) is 121 cm³/mol. The summed E-state index contributed by atoms with van der Waals surface area (Å²) in [4.78, 5) is 9.52. The molecule has 0 saturated carbocycles. The summed E-state index contributed by atoms with van der Waals surface area (Å²) in [5.41, 5.74) is 1.34. The molecule has 0 aromatic heterocycles. The predicted octanol–water partition coefficient (Wildman–Crippen LogP) is 2.73. The van der Waals surface area contributed by atoms with Gasteiger partial charge in [0.2, 0.25) is 0 Å². The van der Waals surface area contributed by atoms with Crippen LogP contribution in [0.4, 0.5) is 0 Å². The van der Waals surface area contributed by atoms with Gasteiger partial charge in [0.1, 0.15) is 5.75 Å². The van der Waals surface area contributed by atoms with Crippen molar-refractivity contribution in [3.8, 4) is 5.75 Å². The lowest BCUT2D eigenvalue weighted by Crippen LogP contribution is -2.46. The molecule has 1 aromatic carbocycles. The summed E-state index contributed by atoms with van der Waals surface area (Å²) >= 11 is 0. The van der Waals surface area contributed by atoms with Gasteiger partial charge >= 0.3 is 0 Å². The van der Waals surface area contributed by atoms with Crippen molar-refractivity contribution in [2.75, 3.05) is 60.5 Å². The van der Waals surface area contributed by atoms with E-state index in [1.54, 1.807) is 7.11 Å². The van der Waals surface area contributed by atoms with Crippen molar-refractivity contribution in [1.29, 1.82) is 0 Å². The molecule has 2 N–H and O–H groups in total. The highest BCUT2D eigenvalue weighted by atomic mass is 16.5. The lowest BCUT2D eigenvalue weighted by molar-refractivity contribution is 0.164. The van der Waals surface area contributed by atoms with Crippen LogP contribution >= 0.6 is 0 Å². The number of ether oxygens (including phenoxy) is 1. The largest absolute Gasteiger partial charge is 0.497 e. The Kier molecular flexibility index (Phi) is 8.62. The lowest BCUT2D eigenvalue weighted by Gasteiger charge is -2.35. The lowest BCUT2D eigenvalue weighted by atomic mass is 9.98. The van der Waals surface area contributed by atoms with Crippen molar-refractivity contribution in [1.82, 2.24) is 20.4 Å². The van der Waals surface area contributed by atoms with Gasteiger partial charge in [0.25, 0.3) is 0 Å². The Morgan fingerprint density at radius 3 is 2.52 bits per heavy atom. The second kappa shape index (κ2) is 11.4. The first-order valence-electron chi connectivity index (χ1n) is 11.2. The van der Waals surface area contributed by atoms with Crippen molar-refractivity contribution >= 4 is 5.96 Å². The summed E-state index contributed by atoms with van der Waals surface area (Å²) in [6.07, 6.45) is 6.52. The van der Waals surface area contributed by atoms with Crippen LogP contribution in [0.3, 0.4) is 0 Å². The third-order valence-electron chi connectivity index (χ3n) is 6.30. The number of nitrogens with zero attached hydrogens (tertiary/aromatic N) is 3. The first-order chi connectivity index (χ1) is 14.2. The van der Waals surface area contributed by atoms with Crippen LogP contribution in [0, 0.1) is 5.92 Å². The minimum atomic E-state index is 0.348. The van der Waals surface area contributed by atoms with E-state index < -0.39 is 0 Å². The molecule has 0 bridgehead atoms. The Bertz CT molecular complexity index is 627. The minimum absolute atomic E-state index is 0.348. The molecule has 0 aliphatic carbocycles. The van der Waals surface area contributed by atoms with Gasteiger partial charge in [-0.15, -0.1) is 0 Å². The number of methoxy groups -OCH3 is 1. The number of aliphatic imine (C=N–C) groups is 1. The number of guanidine groups is 1. The molecule has 2 saturated heterocycles. The molecule has 2 heterocycles. The maximum Gasteiger partial charge on any atom is 0.191 e. The summed E-state index contributed by atoms with van der Waals surface area (Å²) in [6.45, 7) is 6.57. The summed E-state index contributed by atoms with van der Waals surface area (Å²) < 4.78 is 5.35. The number of likely N-dealkylation sites (tertiary alicyclic amines) is 2. The fourth-order valence-corrected chi connectivity index (χ4v) is 4.61. The molecule has 2 aliphatic rings. The molecular weight excluding hydrogens is 362 g/mol. The monoisotopic (exact) mass is 401 g/mol. The molecule has 2 fully saturated rings. The zero-order valence-corrected chi connectivity index (χ0v) is 18.5. The van der Waals surface area contributed by atoms with Gasteiger partial charge in [-0.25, -0.2) is 0 Å². The van der Waals surface area contributed by atoms with E-state index in [0.717, 1.165) is 24.8 Å². The molecule has 29 heavy (non-hydrogen) atoms. The third kappa shape index (κ3) is 6.61. The summed E-state index contributed by atoms with van der Waals surface area (Å²) in [7, 11) is 5.81.